The van der Waals surface area contributed by atoms with Gasteiger partial charge in [0.2, 0.25) is 0 Å². The van der Waals surface area contributed by atoms with Crippen LogP contribution in [-0.4, -0.2) is 0 Å². The number of benzene rings is 2. The van der Waals surface area contributed by atoms with Gasteiger partial charge in [0.25, 0.3) is 0 Å². The minimum absolute atomic E-state index is 0.109. The summed E-state index contributed by atoms with van der Waals surface area (Å²) in [5.41, 5.74) is 8.02. The van der Waals surface area contributed by atoms with Gasteiger partial charge in [-0.05, 0) is 62.6 Å². The largest absolute Gasteiger partial charge is 0.0911 e. The summed E-state index contributed by atoms with van der Waals surface area (Å²) >= 11 is 0. The van der Waals surface area contributed by atoms with Gasteiger partial charge in [0.05, 0.1) is 0 Å². The van der Waals surface area contributed by atoms with Crippen molar-refractivity contribution in [2.45, 2.75) is 59.3 Å². The van der Waals surface area contributed by atoms with Gasteiger partial charge in [-0.15, -0.1) is 0 Å². The summed E-state index contributed by atoms with van der Waals surface area (Å²) in [5, 5.41) is 0. The van der Waals surface area contributed by atoms with Crippen LogP contribution in [0.3, 0.4) is 0 Å². The third-order valence-corrected chi connectivity index (χ3v) is 7.65. The highest BCUT2D eigenvalue weighted by molar-refractivity contribution is 5.87. The van der Waals surface area contributed by atoms with Crippen LogP contribution in [0.1, 0.15) is 70.7 Å². The van der Waals surface area contributed by atoms with Crippen molar-refractivity contribution in [3.8, 4) is 0 Å². The monoisotopic (exact) mass is 370 g/mol. The zero-order valence-corrected chi connectivity index (χ0v) is 18.6. The van der Waals surface area contributed by atoms with Crippen LogP contribution >= 0.6 is 0 Å². The molecule has 3 rings (SSSR count). The van der Waals surface area contributed by atoms with E-state index in [4.69, 9.17) is 0 Å². The molecule has 1 aliphatic carbocycles. The van der Waals surface area contributed by atoms with E-state index in [0.29, 0.717) is 0 Å². The molecule has 2 aromatic carbocycles. The van der Waals surface area contributed by atoms with Crippen LogP contribution in [0.25, 0.3) is 11.1 Å². The second kappa shape index (κ2) is 6.92. The first-order chi connectivity index (χ1) is 13.0. The smallest absolute Gasteiger partial charge is 0.00410 e. The Morgan fingerprint density at radius 2 is 1.39 bits per heavy atom. The van der Waals surface area contributed by atoms with Gasteiger partial charge in [-0.3, -0.25) is 0 Å². The maximum atomic E-state index is 4.41. The van der Waals surface area contributed by atoms with Crippen molar-refractivity contribution in [1.82, 2.24) is 0 Å². The minimum atomic E-state index is 0.109. The first-order valence-electron chi connectivity index (χ1n) is 10.3. The highest BCUT2D eigenvalue weighted by Gasteiger charge is 2.56. The minimum Gasteiger partial charge on any atom is -0.0911 e. The van der Waals surface area contributed by atoms with Gasteiger partial charge in [-0.1, -0.05) is 109 Å². The fraction of sp³-hybridized carbons (Fsp3) is 0.357. The van der Waals surface area contributed by atoms with Crippen molar-refractivity contribution in [2.75, 3.05) is 0 Å². The Hall–Kier alpha value is -2.34. The first kappa shape index (κ1) is 20.4. The van der Waals surface area contributed by atoms with Gasteiger partial charge in [0.1, 0.15) is 0 Å². The second-order valence-corrected chi connectivity index (χ2v) is 9.63. The van der Waals surface area contributed by atoms with Crippen LogP contribution in [0.4, 0.5) is 0 Å². The molecule has 0 N–H and O–H groups in total. The molecule has 0 aliphatic heterocycles. The topological polar surface area (TPSA) is 0 Å². The van der Waals surface area contributed by atoms with E-state index in [2.05, 4.69) is 122 Å². The van der Waals surface area contributed by atoms with E-state index in [0.717, 1.165) is 5.57 Å². The Labute approximate surface area is 171 Å². The number of rotatable bonds is 4. The molecule has 0 aromatic heterocycles. The summed E-state index contributed by atoms with van der Waals surface area (Å²) in [7, 11) is 0. The van der Waals surface area contributed by atoms with E-state index >= 15 is 0 Å². The highest BCUT2D eigenvalue weighted by atomic mass is 14.6. The summed E-state index contributed by atoms with van der Waals surface area (Å²) in [4.78, 5) is 0. The predicted molar refractivity (Wildman–Crippen MR) is 125 cm³/mol. The Kier molecular flexibility index (Phi) is 5.04. The molecule has 1 aliphatic rings. The summed E-state index contributed by atoms with van der Waals surface area (Å²) < 4.78 is 0. The van der Waals surface area contributed by atoms with Crippen LogP contribution in [0.2, 0.25) is 0 Å². The molecular formula is C28H34. The van der Waals surface area contributed by atoms with Gasteiger partial charge < -0.3 is 0 Å². The Balaban J connectivity index is 2.06. The zero-order chi connectivity index (χ0) is 20.7. The van der Waals surface area contributed by atoms with E-state index in [1.165, 1.54) is 27.8 Å². The molecule has 0 heteroatoms. The maximum Gasteiger partial charge on any atom is -0.00410 e. The van der Waals surface area contributed by atoms with Crippen LogP contribution in [-0.2, 0) is 10.8 Å². The summed E-state index contributed by atoms with van der Waals surface area (Å²) in [5.74, 6) is 0. The lowest BCUT2D eigenvalue weighted by molar-refractivity contribution is 0.125. The van der Waals surface area contributed by atoms with Crippen LogP contribution < -0.4 is 0 Å². The van der Waals surface area contributed by atoms with Crippen molar-refractivity contribution in [3.05, 3.63) is 95.6 Å². The molecule has 0 nitrogen and oxygen atoms in total. The normalized spacial score (nSPS) is 19.6. The lowest BCUT2D eigenvalue weighted by Crippen LogP contribution is -2.42. The molecule has 0 heterocycles. The number of hydrogen-bond acceptors (Lipinski definition) is 0. The summed E-state index contributed by atoms with van der Waals surface area (Å²) in [6.07, 6.45) is 6.45. The maximum absolute atomic E-state index is 4.41. The number of fused-ring (bicyclic) bond motifs is 1. The standard InChI is InChI=1S/C28H34/c1-9-13-23(21-14-11-10-12-15-21)18-20(2)22-16-17-24-25(19-22)27(5,6)28(7,8)26(24,3)4/h9-19H,2H2,1,3-8H3/b13-9-,23-18+. The molecule has 0 saturated carbocycles. The predicted octanol–water partition coefficient (Wildman–Crippen LogP) is 7.95. The molecule has 0 amide bonds. The van der Waals surface area contributed by atoms with Crippen molar-refractivity contribution in [3.63, 3.8) is 0 Å². The summed E-state index contributed by atoms with van der Waals surface area (Å²) in [6.45, 7) is 20.8. The van der Waals surface area contributed by atoms with E-state index in [1.54, 1.807) is 0 Å². The van der Waals surface area contributed by atoms with Crippen molar-refractivity contribution in [2.24, 2.45) is 5.41 Å². The third-order valence-electron chi connectivity index (χ3n) is 7.65. The van der Waals surface area contributed by atoms with Gasteiger partial charge in [-0.25, -0.2) is 0 Å². The molecule has 2 aromatic rings. The number of allylic oxidation sites excluding steroid dienone is 5. The SMILES string of the molecule is C=C(/C=C(\C=C/C)c1ccccc1)c1ccc2c(c1)C(C)(C)C(C)(C)C2(C)C. The average Bonchev–Trinajstić information content (AvgIpc) is 2.77. The van der Waals surface area contributed by atoms with Gasteiger partial charge in [0, 0.05) is 0 Å². The van der Waals surface area contributed by atoms with Crippen LogP contribution in [0.5, 0.6) is 0 Å². The molecule has 0 radical (unpaired) electrons. The number of hydrogen-bond donors (Lipinski definition) is 0. The third kappa shape index (κ3) is 3.00. The van der Waals surface area contributed by atoms with Crippen molar-refractivity contribution < 1.29 is 0 Å². The highest BCUT2D eigenvalue weighted by Crippen LogP contribution is 2.61. The second-order valence-electron chi connectivity index (χ2n) is 9.63. The molecule has 0 spiro atoms. The fourth-order valence-corrected chi connectivity index (χ4v) is 4.57. The molecule has 0 bridgehead atoms. The lowest BCUT2D eigenvalue weighted by atomic mass is 9.59. The molecule has 146 valence electrons. The Bertz CT molecular complexity index is 947. The van der Waals surface area contributed by atoms with Gasteiger partial charge in [-0.2, -0.15) is 0 Å². The lowest BCUT2D eigenvalue weighted by Gasteiger charge is -2.44. The molecule has 0 fully saturated rings. The molecule has 0 saturated heterocycles. The van der Waals surface area contributed by atoms with Crippen LogP contribution in [0.15, 0.2) is 73.3 Å². The quantitative estimate of drug-likeness (QED) is 0.479. The first-order valence-corrected chi connectivity index (χ1v) is 10.3. The van der Waals surface area contributed by atoms with E-state index in [9.17, 15) is 0 Å². The average molecular weight is 371 g/mol. The van der Waals surface area contributed by atoms with E-state index < -0.39 is 0 Å². The van der Waals surface area contributed by atoms with Crippen molar-refractivity contribution in [1.29, 1.82) is 0 Å². The van der Waals surface area contributed by atoms with Crippen molar-refractivity contribution >= 4 is 11.1 Å². The fourth-order valence-electron chi connectivity index (χ4n) is 4.57. The van der Waals surface area contributed by atoms with Crippen LogP contribution in [0, 0.1) is 5.41 Å². The molecule has 0 unspecified atom stereocenters. The Morgan fingerprint density at radius 3 is 2.00 bits per heavy atom. The van der Waals surface area contributed by atoms with Gasteiger partial charge >= 0.3 is 0 Å². The molecule has 0 atom stereocenters. The zero-order valence-electron chi connectivity index (χ0n) is 18.6. The summed E-state index contributed by atoms with van der Waals surface area (Å²) in [6, 6.07) is 17.5. The molecular weight excluding hydrogens is 336 g/mol. The Morgan fingerprint density at radius 1 is 0.786 bits per heavy atom. The van der Waals surface area contributed by atoms with Gasteiger partial charge in [0.15, 0.2) is 0 Å². The molecule has 28 heavy (non-hydrogen) atoms. The van der Waals surface area contributed by atoms with E-state index in [1.807, 2.05) is 0 Å². The van der Waals surface area contributed by atoms with E-state index in [-0.39, 0.29) is 16.2 Å².